The monoisotopic (exact) mass is 402 g/mol. The maximum absolute atomic E-state index is 13.5. The number of methoxy groups -OCH3 is 2. The van der Waals surface area contributed by atoms with E-state index >= 15 is 0 Å². The highest BCUT2D eigenvalue weighted by Crippen LogP contribution is 2.53. The third-order valence-corrected chi connectivity index (χ3v) is 5.70. The van der Waals surface area contributed by atoms with E-state index in [0.29, 0.717) is 17.0 Å². The van der Waals surface area contributed by atoms with Crippen molar-refractivity contribution in [2.75, 3.05) is 14.2 Å². The predicted octanol–water partition coefficient (Wildman–Crippen LogP) is 2.45. The van der Waals surface area contributed by atoms with E-state index in [1.807, 2.05) is 0 Å². The Morgan fingerprint density at radius 2 is 2.07 bits per heavy atom. The summed E-state index contributed by atoms with van der Waals surface area (Å²) >= 11 is 6.63. The van der Waals surface area contributed by atoms with E-state index in [4.69, 9.17) is 31.5 Å². The van der Waals surface area contributed by atoms with Gasteiger partial charge in [0.05, 0.1) is 25.0 Å². The average Bonchev–Trinajstić information content (AvgIpc) is 3.22. The third-order valence-electron chi connectivity index (χ3n) is 5.33. The molecule has 1 aromatic carbocycles. The fourth-order valence-electron chi connectivity index (χ4n) is 3.96. The normalized spacial score (nSPS) is 28.2. The first-order valence-corrected chi connectivity index (χ1v) is 9.16. The summed E-state index contributed by atoms with van der Waals surface area (Å²) in [5.74, 6) is -0.241. The predicted molar refractivity (Wildman–Crippen MR) is 103 cm³/mol. The van der Waals surface area contributed by atoms with E-state index < -0.39 is 17.7 Å². The molecule has 7 nitrogen and oxygen atoms in total. The molecule has 146 valence electrons. The Morgan fingerprint density at radius 3 is 2.68 bits per heavy atom. The van der Waals surface area contributed by atoms with Gasteiger partial charge in [0.2, 0.25) is 11.4 Å². The van der Waals surface area contributed by atoms with Crippen molar-refractivity contribution in [1.29, 1.82) is 0 Å². The molecule has 2 aliphatic heterocycles. The van der Waals surface area contributed by atoms with Crippen LogP contribution in [0.1, 0.15) is 29.3 Å². The molecule has 2 N–H and O–H groups in total. The van der Waals surface area contributed by atoms with Gasteiger partial charge >= 0.3 is 0 Å². The Hall–Kier alpha value is -2.64. The van der Waals surface area contributed by atoms with Gasteiger partial charge in [-0.25, -0.2) is 0 Å². The fraction of sp³-hybridized carbons (Fsp3) is 0.350. The lowest BCUT2D eigenvalue weighted by Gasteiger charge is -2.36. The molecular formula is C20H19ClN2O5. The van der Waals surface area contributed by atoms with Crippen molar-refractivity contribution in [3.8, 4) is 11.5 Å². The molecule has 8 heteroatoms. The van der Waals surface area contributed by atoms with Gasteiger partial charge in [-0.15, -0.1) is 0 Å². The first-order valence-electron chi connectivity index (χ1n) is 8.78. The number of benzene rings is 1. The van der Waals surface area contributed by atoms with Crippen LogP contribution in [0.5, 0.6) is 11.5 Å². The summed E-state index contributed by atoms with van der Waals surface area (Å²) in [6.07, 6.45) is 4.51. The zero-order chi connectivity index (χ0) is 20.2. The van der Waals surface area contributed by atoms with Crippen LogP contribution in [0.3, 0.4) is 0 Å². The van der Waals surface area contributed by atoms with Crippen molar-refractivity contribution in [2.45, 2.75) is 25.1 Å². The number of hydrogen-bond donors (Lipinski definition) is 1. The van der Waals surface area contributed by atoms with Gasteiger partial charge in [0.25, 0.3) is 0 Å². The smallest absolute Gasteiger partial charge is 0.231 e. The second-order valence-corrected chi connectivity index (χ2v) is 7.34. The molecular weight excluding hydrogens is 384 g/mol. The minimum absolute atomic E-state index is 0.125. The topological polar surface area (TPSA) is 100 Å². The Labute approximate surface area is 166 Å². The van der Waals surface area contributed by atoms with Gasteiger partial charge in [-0.3, -0.25) is 14.6 Å². The molecule has 0 bridgehead atoms. The highest BCUT2D eigenvalue weighted by Gasteiger charge is 2.59. The van der Waals surface area contributed by atoms with Gasteiger partial charge in [-0.1, -0.05) is 18.5 Å². The number of nitrogens with two attached hydrogens (primary N) is 1. The number of Topliss-reactive ketones (excluding diaryl/α,β-unsaturated/α-hetero) is 1. The average molecular weight is 403 g/mol. The van der Waals surface area contributed by atoms with Crippen LogP contribution in [-0.4, -0.2) is 43.3 Å². The molecule has 3 aliphatic rings. The van der Waals surface area contributed by atoms with Crippen molar-refractivity contribution in [2.24, 2.45) is 16.6 Å². The molecule has 0 radical (unpaired) electrons. The zero-order valence-corrected chi connectivity index (χ0v) is 16.4. The van der Waals surface area contributed by atoms with Crippen LogP contribution in [0, 0.1) is 5.92 Å². The maximum Gasteiger partial charge on any atom is 0.231 e. The van der Waals surface area contributed by atoms with Gasteiger partial charge < -0.3 is 19.9 Å². The second kappa shape index (κ2) is 6.46. The van der Waals surface area contributed by atoms with Crippen LogP contribution in [0.25, 0.3) is 0 Å². The second-order valence-electron chi connectivity index (χ2n) is 6.96. The summed E-state index contributed by atoms with van der Waals surface area (Å²) in [6, 6.07) is 1.65. The molecule has 2 heterocycles. The van der Waals surface area contributed by atoms with E-state index in [1.54, 1.807) is 25.1 Å². The number of fused-ring (bicyclic) bond motifs is 1. The molecule has 4 rings (SSSR count). The van der Waals surface area contributed by atoms with Crippen LogP contribution >= 0.6 is 11.6 Å². The largest absolute Gasteiger partial charge is 0.496 e. The van der Waals surface area contributed by atoms with Crippen LogP contribution in [0.15, 0.2) is 35.0 Å². The summed E-state index contributed by atoms with van der Waals surface area (Å²) < 4.78 is 17.1. The summed E-state index contributed by atoms with van der Waals surface area (Å²) in [5, 5.41) is 0.234. The maximum atomic E-state index is 13.5. The molecule has 0 saturated carbocycles. The first-order chi connectivity index (χ1) is 13.3. The third kappa shape index (κ3) is 2.43. The molecule has 0 aromatic heterocycles. The van der Waals surface area contributed by atoms with Gasteiger partial charge in [0.1, 0.15) is 17.5 Å². The van der Waals surface area contributed by atoms with E-state index in [2.05, 4.69) is 4.99 Å². The lowest BCUT2D eigenvalue weighted by atomic mass is 9.75. The van der Waals surface area contributed by atoms with E-state index in [0.717, 1.165) is 0 Å². The summed E-state index contributed by atoms with van der Waals surface area (Å²) in [4.78, 5) is 29.8. The van der Waals surface area contributed by atoms with Crippen molar-refractivity contribution in [3.05, 3.63) is 46.2 Å². The van der Waals surface area contributed by atoms with Crippen LogP contribution in [-0.2, 0) is 9.53 Å². The number of carbonyl (C=O) groups is 2. The Kier molecular flexibility index (Phi) is 4.32. The van der Waals surface area contributed by atoms with Gasteiger partial charge in [-0.2, -0.15) is 0 Å². The van der Waals surface area contributed by atoms with Crippen molar-refractivity contribution >= 4 is 28.9 Å². The number of halogens is 1. The van der Waals surface area contributed by atoms with Gasteiger partial charge in [0, 0.05) is 24.0 Å². The summed E-state index contributed by atoms with van der Waals surface area (Å²) in [6.45, 7) is 1.78. The fourth-order valence-corrected chi connectivity index (χ4v) is 4.24. The van der Waals surface area contributed by atoms with E-state index in [-0.39, 0.29) is 40.1 Å². The summed E-state index contributed by atoms with van der Waals surface area (Å²) in [7, 11) is 2.87. The molecule has 1 spiro atoms. The highest BCUT2D eigenvalue weighted by molar-refractivity contribution is 6.38. The molecule has 0 saturated heterocycles. The van der Waals surface area contributed by atoms with Crippen molar-refractivity contribution < 1.29 is 23.8 Å². The van der Waals surface area contributed by atoms with E-state index in [9.17, 15) is 9.59 Å². The van der Waals surface area contributed by atoms with Gasteiger partial charge in [-0.05, 0) is 18.2 Å². The minimum atomic E-state index is -1.45. The number of ketones is 2. The highest BCUT2D eigenvalue weighted by atomic mass is 35.5. The minimum Gasteiger partial charge on any atom is -0.496 e. The first kappa shape index (κ1) is 18.7. The Morgan fingerprint density at radius 1 is 1.32 bits per heavy atom. The van der Waals surface area contributed by atoms with Crippen LogP contribution in [0.4, 0.5) is 0 Å². The lowest BCUT2D eigenvalue weighted by Crippen LogP contribution is -2.51. The number of ether oxygens (including phenoxy) is 3. The van der Waals surface area contributed by atoms with Gasteiger partial charge in [0.15, 0.2) is 17.3 Å². The number of aliphatic imine (C=N–C) groups is 1. The lowest BCUT2D eigenvalue weighted by molar-refractivity contribution is -0.118. The number of allylic oxidation sites excluding steroid dienone is 2. The summed E-state index contributed by atoms with van der Waals surface area (Å²) in [5.41, 5.74) is 5.71. The number of hydrogen-bond acceptors (Lipinski definition) is 7. The molecule has 0 amide bonds. The quantitative estimate of drug-likeness (QED) is 0.833. The van der Waals surface area contributed by atoms with E-state index in [1.165, 1.54) is 20.3 Å². The van der Waals surface area contributed by atoms with Crippen molar-refractivity contribution in [1.82, 2.24) is 0 Å². The molecule has 3 atom stereocenters. The Balaban J connectivity index is 1.93. The van der Waals surface area contributed by atoms with Crippen LogP contribution < -0.4 is 15.2 Å². The number of nitrogens with zero attached hydrogens (tertiary/aromatic N) is 1. The van der Waals surface area contributed by atoms with Crippen molar-refractivity contribution in [3.63, 3.8) is 0 Å². The molecule has 1 unspecified atom stereocenters. The number of rotatable bonds is 3. The molecule has 28 heavy (non-hydrogen) atoms. The zero-order valence-electron chi connectivity index (χ0n) is 15.6. The van der Waals surface area contributed by atoms with Crippen LogP contribution in [0.2, 0.25) is 5.02 Å². The SMILES string of the molecule is COC1=CC(=O)C[C@@H](C)[C@]12Oc1c(Cl)c(C3=NC(N)C=C3)cc(OC)c1C2=O. The molecule has 0 fully saturated rings. The molecule has 1 aliphatic carbocycles. The Bertz CT molecular complexity index is 997. The standard InChI is InChI=1S/C20H19ClN2O5/c1-9-6-10(24)7-14(27-3)20(9)19(25)16-13(26-2)8-11(17(21)18(16)28-20)12-4-5-15(22)23-12/h4-5,7-9,15H,6,22H2,1-3H3/t9-,15?,20+/m1/s1. The number of carbonyl (C=O) groups excluding carboxylic acids is 2. The molecule has 1 aromatic rings.